The summed E-state index contributed by atoms with van der Waals surface area (Å²) in [4.78, 5) is 13.1. The fourth-order valence-corrected chi connectivity index (χ4v) is 0.782. The van der Waals surface area contributed by atoms with Crippen molar-refractivity contribution in [1.82, 2.24) is 4.98 Å². The minimum absolute atomic E-state index is 0.0656. The average Bonchev–Trinajstić information content (AvgIpc) is 2.08. The van der Waals surface area contributed by atoms with E-state index in [1.165, 1.54) is 0 Å². The van der Waals surface area contributed by atoms with Gasteiger partial charge in [0.05, 0.1) is 29.2 Å². The summed E-state index contributed by atoms with van der Waals surface area (Å²) in [6.45, 7) is 0. The summed E-state index contributed by atoms with van der Waals surface area (Å²) in [5, 5.41) is 27.7. The van der Waals surface area contributed by atoms with Crippen molar-refractivity contribution in [3.63, 3.8) is 0 Å². The van der Waals surface area contributed by atoms with Crippen LogP contribution < -0.4 is 0 Å². The monoisotopic (exact) mass is 179 g/mol. The summed E-state index contributed by atoms with van der Waals surface area (Å²) in [7, 11) is 0. The van der Waals surface area contributed by atoms with Gasteiger partial charge in [-0.05, 0) is 0 Å². The lowest BCUT2D eigenvalue weighted by Crippen LogP contribution is -1.93. The molecule has 0 atom stereocenters. The maximum Gasteiger partial charge on any atom is 0.291 e. The summed E-state index contributed by atoms with van der Waals surface area (Å²) >= 11 is 0. The molecule has 1 heterocycles. The molecule has 1 aromatic heterocycles. The number of hydrogen-bond acceptors (Lipinski definition) is 5. The molecule has 0 saturated heterocycles. The number of rotatable bonds is 2. The third-order valence-electron chi connectivity index (χ3n) is 1.39. The molecule has 0 bridgehead atoms. The zero-order chi connectivity index (χ0) is 9.84. The Morgan fingerprint density at radius 3 is 2.92 bits per heavy atom. The van der Waals surface area contributed by atoms with Crippen LogP contribution in [-0.4, -0.2) is 15.0 Å². The van der Waals surface area contributed by atoms with Crippen LogP contribution in [0.15, 0.2) is 12.3 Å². The Kier molecular flexibility index (Phi) is 2.40. The van der Waals surface area contributed by atoms with Gasteiger partial charge in [-0.2, -0.15) is 5.26 Å². The molecule has 66 valence electrons. The van der Waals surface area contributed by atoms with Crippen LogP contribution in [0.2, 0.25) is 0 Å². The van der Waals surface area contributed by atoms with E-state index in [1.807, 2.05) is 0 Å². The summed E-state index contributed by atoms with van der Waals surface area (Å²) in [6.07, 6.45) is 0.941. The van der Waals surface area contributed by atoms with Gasteiger partial charge in [-0.25, -0.2) is 4.98 Å². The molecular formula is C7H5N3O3. The van der Waals surface area contributed by atoms with E-state index in [9.17, 15) is 10.1 Å². The first kappa shape index (κ1) is 8.93. The van der Waals surface area contributed by atoms with E-state index in [4.69, 9.17) is 10.4 Å². The van der Waals surface area contributed by atoms with Crippen molar-refractivity contribution in [2.75, 3.05) is 0 Å². The van der Waals surface area contributed by atoms with E-state index in [-0.39, 0.29) is 23.6 Å². The van der Waals surface area contributed by atoms with E-state index < -0.39 is 4.92 Å². The van der Waals surface area contributed by atoms with Gasteiger partial charge in [0.15, 0.2) is 0 Å². The van der Waals surface area contributed by atoms with Crippen LogP contribution >= 0.6 is 0 Å². The minimum Gasteiger partial charge on any atom is -0.506 e. The molecule has 1 N–H and O–H groups in total. The second-order valence-electron chi connectivity index (χ2n) is 2.25. The highest BCUT2D eigenvalue weighted by Crippen LogP contribution is 2.20. The van der Waals surface area contributed by atoms with Crippen LogP contribution in [-0.2, 0) is 6.42 Å². The number of hydrogen-bond donors (Lipinski definition) is 1. The predicted octanol–water partition coefficient (Wildman–Crippen LogP) is 0.761. The van der Waals surface area contributed by atoms with Gasteiger partial charge in [0.1, 0.15) is 11.9 Å². The van der Waals surface area contributed by atoms with Gasteiger partial charge < -0.3 is 5.11 Å². The molecule has 0 aromatic carbocycles. The molecule has 0 saturated carbocycles. The first-order valence-electron chi connectivity index (χ1n) is 3.34. The Hall–Kier alpha value is -2.16. The maximum absolute atomic E-state index is 10.2. The number of nitrogens with zero attached hydrogens (tertiary/aromatic N) is 3. The van der Waals surface area contributed by atoms with Crippen LogP contribution in [0.4, 0.5) is 5.69 Å². The fraction of sp³-hybridized carbons (Fsp3) is 0.143. The summed E-state index contributed by atoms with van der Waals surface area (Å²) in [5.41, 5.74) is -0.146. The minimum atomic E-state index is -0.664. The highest BCUT2D eigenvalue weighted by Gasteiger charge is 2.10. The third-order valence-corrected chi connectivity index (χ3v) is 1.39. The SMILES string of the molecule is N#CCc1ncc([N+](=O)[O-])cc1O. The molecule has 0 aliphatic carbocycles. The molecule has 6 heteroatoms. The van der Waals surface area contributed by atoms with Crippen LogP contribution in [0.5, 0.6) is 5.75 Å². The van der Waals surface area contributed by atoms with Crippen molar-refractivity contribution in [2.24, 2.45) is 0 Å². The molecule has 1 rings (SSSR count). The highest BCUT2D eigenvalue weighted by atomic mass is 16.6. The van der Waals surface area contributed by atoms with E-state index in [1.54, 1.807) is 6.07 Å². The van der Waals surface area contributed by atoms with E-state index in [2.05, 4.69) is 4.98 Å². The average molecular weight is 179 g/mol. The Balaban J connectivity index is 3.07. The van der Waals surface area contributed by atoms with E-state index in [0.717, 1.165) is 12.3 Å². The molecule has 1 aromatic rings. The lowest BCUT2D eigenvalue weighted by Gasteiger charge is -1.97. The van der Waals surface area contributed by atoms with Crippen molar-refractivity contribution in [1.29, 1.82) is 5.26 Å². The second kappa shape index (κ2) is 3.49. The van der Waals surface area contributed by atoms with Gasteiger partial charge in [-0.15, -0.1) is 0 Å². The highest BCUT2D eigenvalue weighted by molar-refractivity contribution is 5.38. The molecule has 13 heavy (non-hydrogen) atoms. The van der Waals surface area contributed by atoms with Crippen LogP contribution in [0.3, 0.4) is 0 Å². The first-order valence-corrected chi connectivity index (χ1v) is 3.34. The topological polar surface area (TPSA) is 100 Å². The molecule has 0 amide bonds. The van der Waals surface area contributed by atoms with Crippen LogP contribution in [0.1, 0.15) is 5.69 Å². The number of pyridine rings is 1. The van der Waals surface area contributed by atoms with Crippen molar-refractivity contribution in [2.45, 2.75) is 6.42 Å². The second-order valence-corrected chi connectivity index (χ2v) is 2.25. The summed E-state index contributed by atoms with van der Waals surface area (Å²) in [5.74, 6) is -0.323. The summed E-state index contributed by atoms with van der Waals surface area (Å²) in [6, 6.07) is 2.75. The molecule has 0 aliphatic rings. The van der Waals surface area contributed by atoms with E-state index in [0.29, 0.717) is 0 Å². The van der Waals surface area contributed by atoms with Gasteiger partial charge in [0.25, 0.3) is 5.69 Å². The molecule has 0 spiro atoms. The van der Waals surface area contributed by atoms with Gasteiger partial charge in [-0.1, -0.05) is 0 Å². The number of aromatic hydroxyl groups is 1. The molecule has 0 unspecified atom stereocenters. The molecule has 0 radical (unpaired) electrons. The van der Waals surface area contributed by atoms with Crippen molar-refractivity contribution < 1.29 is 10.0 Å². The van der Waals surface area contributed by atoms with Gasteiger partial charge >= 0.3 is 0 Å². The largest absolute Gasteiger partial charge is 0.506 e. The smallest absolute Gasteiger partial charge is 0.291 e. The Bertz CT molecular complexity index is 383. The Labute approximate surface area is 73.2 Å². The van der Waals surface area contributed by atoms with Crippen LogP contribution in [0.25, 0.3) is 0 Å². The number of aromatic nitrogens is 1. The third kappa shape index (κ3) is 1.90. The molecular weight excluding hydrogens is 174 g/mol. The lowest BCUT2D eigenvalue weighted by molar-refractivity contribution is -0.385. The van der Waals surface area contributed by atoms with Gasteiger partial charge in [0, 0.05) is 0 Å². The predicted molar refractivity (Wildman–Crippen MR) is 41.9 cm³/mol. The summed E-state index contributed by atoms with van der Waals surface area (Å²) < 4.78 is 0. The molecule has 0 aliphatic heterocycles. The van der Waals surface area contributed by atoms with Crippen LogP contribution in [0, 0.1) is 21.4 Å². The fourth-order valence-electron chi connectivity index (χ4n) is 0.782. The normalized spacial score (nSPS) is 9.15. The van der Waals surface area contributed by atoms with Gasteiger partial charge in [0.2, 0.25) is 0 Å². The quantitative estimate of drug-likeness (QED) is 0.533. The molecule has 6 nitrogen and oxygen atoms in total. The van der Waals surface area contributed by atoms with Crippen molar-refractivity contribution in [3.8, 4) is 11.8 Å². The Morgan fingerprint density at radius 1 is 1.77 bits per heavy atom. The standard InChI is InChI=1S/C7H5N3O3/c8-2-1-6-7(11)3-5(4-9-6)10(12)13/h3-4,11H,1H2. The van der Waals surface area contributed by atoms with E-state index >= 15 is 0 Å². The number of nitriles is 1. The first-order chi connectivity index (χ1) is 6.15. The van der Waals surface area contributed by atoms with Gasteiger partial charge in [-0.3, -0.25) is 10.1 Å². The zero-order valence-corrected chi connectivity index (χ0v) is 6.47. The van der Waals surface area contributed by atoms with Crippen molar-refractivity contribution in [3.05, 3.63) is 28.1 Å². The van der Waals surface area contributed by atoms with Crippen molar-refractivity contribution >= 4 is 5.69 Å². The molecule has 0 fully saturated rings. The zero-order valence-electron chi connectivity index (χ0n) is 6.47. The Morgan fingerprint density at radius 2 is 2.46 bits per heavy atom. The maximum atomic E-state index is 10.2. The lowest BCUT2D eigenvalue weighted by atomic mass is 10.2. The number of nitro groups is 1.